The second-order valence-corrected chi connectivity index (χ2v) is 4.73. The van der Waals surface area contributed by atoms with E-state index in [0.29, 0.717) is 18.2 Å². The number of nitrogens with one attached hydrogen (secondary N) is 1. The van der Waals surface area contributed by atoms with Crippen molar-refractivity contribution in [2.24, 2.45) is 11.7 Å². The summed E-state index contributed by atoms with van der Waals surface area (Å²) in [6.07, 6.45) is 0.620. The van der Waals surface area contributed by atoms with Crippen LogP contribution >= 0.6 is 11.6 Å². The van der Waals surface area contributed by atoms with Gasteiger partial charge in [0.25, 0.3) is 5.56 Å². The number of rotatable bonds is 6. The van der Waals surface area contributed by atoms with Gasteiger partial charge in [0.1, 0.15) is 11.6 Å². The van der Waals surface area contributed by atoms with Gasteiger partial charge in [-0.3, -0.25) is 4.79 Å². The first-order chi connectivity index (χ1) is 8.91. The van der Waals surface area contributed by atoms with E-state index in [1.54, 1.807) is 0 Å². The lowest BCUT2D eigenvalue weighted by molar-refractivity contribution is 0.161. The predicted octanol–water partition coefficient (Wildman–Crippen LogP) is 1.06. The molecule has 0 spiro atoms. The summed E-state index contributed by atoms with van der Waals surface area (Å²) in [7, 11) is 0. The number of hydrogen-bond acceptors (Lipinski definition) is 5. The van der Waals surface area contributed by atoms with Crippen LogP contribution in [0.5, 0.6) is 0 Å². The van der Waals surface area contributed by atoms with Crippen molar-refractivity contribution in [3.05, 3.63) is 21.6 Å². The number of nitrogens with zero attached hydrogens (tertiary/aromatic N) is 2. The molecular weight excluding hydrogens is 272 g/mol. The number of amides is 1. The highest BCUT2D eigenvalue weighted by Crippen LogP contribution is 2.14. The third-order valence-electron chi connectivity index (χ3n) is 2.18. The summed E-state index contributed by atoms with van der Waals surface area (Å²) < 4.78 is 5.86. The van der Waals surface area contributed by atoms with Crippen molar-refractivity contribution in [1.29, 1.82) is 0 Å². The van der Waals surface area contributed by atoms with E-state index < -0.39 is 6.09 Å². The van der Waals surface area contributed by atoms with Crippen molar-refractivity contribution in [2.75, 3.05) is 18.5 Å². The number of carbonyl (C=O) groups excluding carboxylic acids is 1. The normalized spacial score (nSPS) is 10.5. The summed E-state index contributed by atoms with van der Waals surface area (Å²) in [6.45, 7) is 4.84. The number of ether oxygens (including phenoxy) is 1. The van der Waals surface area contributed by atoms with Gasteiger partial charge in [-0.2, -0.15) is 5.10 Å². The SMILES string of the molecule is CC(C)Cn1ncc(NCCOC(N)=O)c(Cl)c1=O. The molecule has 1 amide bonds. The molecule has 0 aliphatic carbocycles. The number of aromatic nitrogens is 2. The van der Waals surface area contributed by atoms with Crippen LogP contribution in [0, 0.1) is 5.92 Å². The third-order valence-corrected chi connectivity index (χ3v) is 2.55. The zero-order chi connectivity index (χ0) is 14.4. The second kappa shape index (κ2) is 6.98. The van der Waals surface area contributed by atoms with E-state index in [2.05, 4.69) is 15.2 Å². The smallest absolute Gasteiger partial charge is 0.404 e. The van der Waals surface area contributed by atoms with Gasteiger partial charge in [-0.15, -0.1) is 0 Å². The number of halogens is 1. The van der Waals surface area contributed by atoms with E-state index in [1.165, 1.54) is 10.9 Å². The summed E-state index contributed by atoms with van der Waals surface area (Å²) in [5.41, 5.74) is 4.86. The molecule has 0 saturated carbocycles. The Balaban J connectivity index is 2.68. The molecule has 0 aromatic carbocycles. The number of anilines is 1. The van der Waals surface area contributed by atoms with Crippen LogP contribution in [0.25, 0.3) is 0 Å². The third kappa shape index (κ3) is 4.78. The molecule has 8 heteroatoms. The summed E-state index contributed by atoms with van der Waals surface area (Å²) >= 11 is 5.96. The fourth-order valence-corrected chi connectivity index (χ4v) is 1.61. The Bertz CT molecular complexity index is 501. The van der Waals surface area contributed by atoms with Crippen LogP contribution in [0.1, 0.15) is 13.8 Å². The van der Waals surface area contributed by atoms with Crippen LogP contribution in [0.4, 0.5) is 10.5 Å². The van der Waals surface area contributed by atoms with Gasteiger partial charge in [0.05, 0.1) is 11.9 Å². The first-order valence-electron chi connectivity index (χ1n) is 5.83. The van der Waals surface area contributed by atoms with Gasteiger partial charge < -0.3 is 15.8 Å². The van der Waals surface area contributed by atoms with E-state index in [9.17, 15) is 9.59 Å². The lowest BCUT2D eigenvalue weighted by Gasteiger charge is -2.11. The summed E-state index contributed by atoms with van der Waals surface area (Å²) in [5, 5.41) is 6.93. The van der Waals surface area contributed by atoms with E-state index in [1.807, 2.05) is 13.8 Å². The lowest BCUT2D eigenvalue weighted by Crippen LogP contribution is -2.26. The van der Waals surface area contributed by atoms with E-state index >= 15 is 0 Å². The first-order valence-corrected chi connectivity index (χ1v) is 6.21. The fourth-order valence-electron chi connectivity index (χ4n) is 1.40. The highest BCUT2D eigenvalue weighted by Gasteiger charge is 2.09. The zero-order valence-electron chi connectivity index (χ0n) is 10.9. The highest BCUT2D eigenvalue weighted by atomic mass is 35.5. The van der Waals surface area contributed by atoms with Crippen molar-refractivity contribution in [2.45, 2.75) is 20.4 Å². The molecule has 0 fully saturated rings. The Morgan fingerprint density at radius 2 is 2.32 bits per heavy atom. The number of hydrogen-bond donors (Lipinski definition) is 2. The van der Waals surface area contributed by atoms with Gasteiger partial charge >= 0.3 is 6.09 Å². The largest absolute Gasteiger partial charge is 0.448 e. The fraction of sp³-hybridized carbons (Fsp3) is 0.545. The molecule has 0 radical (unpaired) electrons. The molecule has 3 N–H and O–H groups in total. The lowest BCUT2D eigenvalue weighted by atomic mass is 10.2. The van der Waals surface area contributed by atoms with Crippen LogP contribution < -0.4 is 16.6 Å². The minimum Gasteiger partial charge on any atom is -0.448 e. The second-order valence-electron chi connectivity index (χ2n) is 4.35. The minimum atomic E-state index is -0.849. The molecule has 1 rings (SSSR count). The van der Waals surface area contributed by atoms with Crippen LogP contribution in [-0.2, 0) is 11.3 Å². The minimum absolute atomic E-state index is 0.0646. The van der Waals surface area contributed by atoms with E-state index in [0.717, 1.165) is 0 Å². The maximum Gasteiger partial charge on any atom is 0.404 e. The molecule has 0 aliphatic heterocycles. The van der Waals surface area contributed by atoms with Crippen molar-refractivity contribution in [3.8, 4) is 0 Å². The maximum absolute atomic E-state index is 11.9. The Morgan fingerprint density at radius 3 is 2.89 bits per heavy atom. The van der Waals surface area contributed by atoms with E-state index in [-0.39, 0.29) is 23.7 Å². The van der Waals surface area contributed by atoms with Crippen LogP contribution in [-0.4, -0.2) is 29.0 Å². The van der Waals surface area contributed by atoms with Crippen molar-refractivity contribution in [3.63, 3.8) is 0 Å². The van der Waals surface area contributed by atoms with Crippen molar-refractivity contribution in [1.82, 2.24) is 9.78 Å². The predicted molar refractivity (Wildman–Crippen MR) is 72.4 cm³/mol. The Hall–Kier alpha value is -1.76. The van der Waals surface area contributed by atoms with Gasteiger partial charge in [0.2, 0.25) is 0 Å². The Morgan fingerprint density at radius 1 is 1.63 bits per heavy atom. The molecule has 0 atom stereocenters. The average molecular weight is 289 g/mol. The molecule has 1 heterocycles. The summed E-state index contributed by atoms with van der Waals surface area (Å²) in [4.78, 5) is 22.2. The molecular formula is C11H17ClN4O3. The molecule has 0 unspecified atom stereocenters. The Labute approximate surface area is 115 Å². The molecule has 0 aliphatic rings. The molecule has 1 aromatic heterocycles. The van der Waals surface area contributed by atoms with Crippen LogP contribution in [0.3, 0.4) is 0 Å². The van der Waals surface area contributed by atoms with Crippen LogP contribution in [0.15, 0.2) is 11.0 Å². The number of carbonyl (C=O) groups is 1. The summed E-state index contributed by atoms with van der Waals surface area (Å²) in [5.74, 6) is 0.295. The maximum atomic E-state index is 11.9. The number of primary amides is 1. The molecule has 1 aromatic rings. The monoisotopic (exact) mass is 288 g/mol. The van der Waals surface area contributed by atoms with E-state index in [4.69, 9.17) is 17.3 Å². The van der Waals surface area contributed by atoms with Gasteiger partial charge in [0, 0.05) is 13.1 Å². The van der Waals surface area contributed by atoms with Gasteiger partial charge in [0.15, 0.2) is 0 Å². The average Bonchev–Trinajstić information content (AvgIpc) is 2.32. The Kier molecular flexibility index (Phi) is 5.62. The molecule has 7 nitrogen and oxygen atoms in total. The standard InChI is InChI=1S/C11H17ClN4O3/c1-7(2)6-16-10(17)9(12)8(5-15-16)14-3-4-19-11(13)18/h5,7,14H,3-4,6H2,1-2H3,(H2,13,18). The molecule has 19 heavy (non-hydrogen) atoms. The first kappa shape index (κ1) is 15.3. The molecule has 106 valence electrons. The summed E-state index contributed by atoms with van der Waals surface area (Å²) in [6, 6.07) is 0. The zero-order valence-corrected chi connectivity index (χ0v) is 11.6. The van der Waals surface area contributed by atoms with Crippen molar-refractivity contribution >= 4 is 23.4 Å². The topological polar surface area (TPSA) is 99.2 Å². The van der Waals surface area contributed by atoms with Crippen molar-refractivity contribution < 1.29 is 9.53 Å². The van der Waals surface area contributed by atoms with Gasteiger partial charge in [-0.1, -0.05) is 25.4 Å². The molecule has 0 bridgehead atoms. The number of nitrogens with two attached hydrogens (primary N) is 1. The van der Waals surface area contributed by atoms with Gasteiger partial charge in [-0.25, -0.2) is 9.48 Å². The van der Waals surface area contributed by atoms with Crippen LogP contribution in [0.2, 0.25) is 5.02 Å². The quantitative estimate of drug-likeness (QED) is 0.763. The van der Waals surface area contributed by atoms with Gasteiger partial charge in [-0.05, 0) is 5.92 Å². The highest BCUT2D eigenvalue weighted by molar-refractivity contribution is 6.32. The molecule has 0 saturated heterocycles.